The van der Waals surface area contributed by atoms with Gasteiger partial charge in [0.2, 0.25) is 10.0 Å². The maximum Gasteiger partial charge on any atom is 0.276 e. The Kier molecular flexibility index (Phi) is 5.98. The molecule has 1 aromatic carbocycles. The molecule has 12 heteroatoms. The van der Waals surface area contributed by atoms with E-state index < -0.39 is 39.3 Å². The van der Waals surface area contributed by atoms with Gasteiger partial charge in [-0.05, 0) is 37.3 Å². The Hall–Kier alpha value is -3.25. The lowest BCUT2D eigenvalue weighted by atomic mass is 9.98. The first-order chi connectivity index (χ1) is 15.9. The molecule has 3 aromatic rings. The van der Waals surface area contributed by atoms with Crippen LogP contribution in [0.4, 0.5) is 18.9 Å². The molecule has 1 aliphatic heterocycles. The number of halogens is 3. The molecule has 3 heterocycles. The molecule has 182 valence electrons. The lowest BCUT2D eigenvalue weighted by Gasteiger charge is -2.28. The topological polar surface area (TPSA) is 94.4 Å². The maximum absolute atomic E-state index is 13.6. The van der Waals surface area contributed by atoms with Crippen LogP contribution in [-0.2, 0) is 30.5 Å². The highest BCUT2D eigenvalue weighted by atomic mass is 32.2. The summed E-state index contributed by atoms with van der Waals surface area (Å²) in [7, 11) is -0.764. The van der Waals surface area contributed by atoms with Crippen molar-refractivity contribution in [3.8, 4) is 5.75 Å². The van der Waals surface area contributed by atoms with E-state index >= 15 is 0 Å². The van der Waals surface area contributed by atoms with E-state index in [1.165, 1.54) is 17.8 Å². The lowest BCUT2D eigenvalue weighted by molar-refractivity contribution is 0.101. The fraction of sp³-hybridized carbons (Fsp3) is 0.318. The number of hydrogen-bond donors (Lipinski definition) is 2. The van der Waals surface area contributed by atoms with Gasteiger partial charge in [0, 0.05) is 44.3 Å². The largest absolute Gasteiger partial charge is 0.488 e. The summed E-state index contributed by atoms with van der Waals surface area (Å²) in [5, 5.41) is 2.41. The average molecular weight is 497 g/mol. The Bertz CT molecular complexity index is 1370. The minimum absolute atomic E-state index is 0.0687. The van der Waals surface area contributed by atoms with Crippen molar-refractivity contribution in [2.45, 2.75) is 30.2 Å². The molecule has 0 radical (unpaired) electrons. The first kappa shape index (κ1) is 23.9. The van der Waals surface area contributed by atoms with Crippen LogP contribution in [0.3, 0.4) is 0 Å². The second-order valence-electron chi connectivity index (χ2n) is 8.52. The molecule has 4 rings (SSSR count). The van der Waals surface area contributed by atoms with Gasteiger partial charge in [-0.1, -0.05) is 0 Å². The zero-order chi connectivity index (χ0) is 24.8. The molecule has 1 atom stereocenters. The van der Waals surface area contributed by atoms with Crippen LogP contribution in [0.5, 0.6) is 5.75 Å². The number of alkyl halides is 2. The minimum atomic E-state index is -4.07. The van der Waals surface area contributed by atoms with Gasteiger partial charge in [0.1, 0.15) is 17.3 Å². The molecule has 0 saturated carbocycles. The van der Waals surface area contributed by atoms with Crippen LogP contribution in [0.2, 0.25) is 0 Å². The van der Waals surface area contributed by atoms with Gasteiger partial charge in [0.25, 0.3) is 12.3 Å². The summed E-state index contributed by atoms with van der Waals surface area (Å²) in [6.45, 7) is 1.63. The van der Waals surface area contributed by atoms with Crippen molar-refractivity contribution >= 4 is 21.6 Å². The van der Waals surface area contributed by atoms with Crippen molar-refractivity contribution in [3.05, 3.63) is 65.5 Å². The van der Waals surface area contributed by atoms with Gasteiger partial charge in [-0.2, -0.15) is 0 Å². The van der Waals surface area contributed by atoms with Crippen molar-refractivity contribution in [2.75, 3.05) is 11.9 Å². The normalized spacial score (nSPS) is 19.4. The van der Waals surface area contributed by atoms with E-state index in [9.17, 15) is 26.4 Å². The molecule has 1 aliphatic rings. The van der Waals surface area contributed by atoms with Gasteiger partial charge >= 0.3 is 0 Å². The number of nitrogens with one attached hydrogen (secondary N) is 2. The summed E-state index contributed by atoms with van der Waals surface area (Å²) in [5.41, 5.74) is -1.17. The van der Waals surface area contributed by atoms with Gasteiger partial charge in [-0.25, -0.2) is 26.3 Å². The second-order valence-corrected chi connectivity index (χ2v) is 10.2. The predicted octanol–water partition coefficient (Wildman–Crippen LogP) is 3.36. The molecular weight excluding hydrogens is 473 g/mol. The average Bonchev–Trinajstić information content (AvgIpc) is 3.27. The molecule has 2 aromatic heterocycles. The summed E-state index contributed by atoms with van der Waals surface area (Å²) in [6, 6.07) is 6.50. The van der Waals surface area contributed by atoms with Crippen LogP contribution < -0.4 is 14.8 Å². The van der Waals surface area contributed by atoms with Crippen molar-refractivity contribution < 1.29 is 31.1 Å². The maximum atomic E-state index is 13.6. The number of nitrogens with zero attached hydrogens (tertiary/aromatic N) is 2. The Labute approximate surface area is 194 Å². The number of benzene rings is 1. The number of amides is 1. The third-order valence-corrected chi connectivity index (χ3v) is 7.27. The molecule has 8 nitrogen and oxygen atoms in total. The highest BCUT2D eigenvalue weighted by Crippen LogP contribution is 2.35. The fourth-order valence-corrected chi connectivity index (χ4v) is 5.54. The summed E-state index contributed by atoms with van der Waals surface area (Å²) in [6.07, 6.45) is 0.358. The number of fused-ring (bicyclic) bond motifs is 1. The molecule has 0 aliphatic carbocycles. The summed E-state index contributed by atoms with van der Waals surface area (Å²) in [4.78, 5) is 12.8. The fourth-order valence-electron chi connectivity index (χ4n) is 3.96. The first-order valence-corrected chi connectivity index (χ1v) is 11.7. The number of aromatic nitrogens is 2. The Morgan fingerprint density at radius 1 is 1.26 bits per heavy atom. The molecular formula is C22H23F3N4O4S. The third kappa shape index (κ3) is 4.42. The highest BCUT2D eigenvalue weighted by molar-refractivity contribution is 7.89. The highest BCUT2D eigenvalue weighted by Gasteiger charge is 2.40. The molecule has 34 heavy (non-hydrogen) atoms. The van der Waals surface area contributed by atoms with Crippen molar-refractivity contribution in [1.82, 2.24) is 13.9 Å². The van der Waals surface area contributed by atoms with Crippen molar-refractivity contribution in [1.29, 1.82) is 0 Å². The van der Waals surface area contributed by atoms with E-state index in [1.54, 1.807) is 6.92 Å². The molecule has 0 bridgehead atoms. The van der Waals surface area contributed by atoms with Gasteiger partial charge in [0.15, 0.2) is 11.4 Å². The number of ether oxygens (including phenoxy) is 1. The number of carbonyl (C=O) groups excluding carboxylic acids is 1. The summed E-state index contributed by atoms with van der Waals surface area (Å²) in [5.74, 6) is -2.05. The zero-order valence-corrected chi connectivity index (χ0v) is 19.4. The molecule has 0 fully saturated rings. The number of aryl methyl sites for hydroxylation is 2. The van der Waals surface area contributed by atoms with Gasteiger partial charge in [-0.3, -0.25) is 4.79 Å². The van der Waals surface area contributed by atoms with Crippen molar-refractivity contribution in [3.63, 3.8) is 0 Å². The van der Waals surface area contributed by atoms with E-state index in [2.05, 4.69) is 10.0 Å². The number of anilines is 1. The third-order valence-electron chi connectivity index (χ3n) is 5.63. The van der Waals surface area contributed by atoms with E-state index in [0.29, 0.717) is 6.42 Å². The lowest BCUT2D eigenvalue weighted by Crippen LogP contribution is -2.50. The quantitative estimate of drug-likeness (QED) is 0.567. The van der Waals surface area contributed by atoms with Crippen LogP contribution in [-0.4, -0.2) is 35.6 Å². The second kappa shape index (κ2) is 8.51. The van der Waals surface area contributed by atoms with Crippen LogP contribution in [0.15, 0.2) is 47.6 Å². The standard InChI is InChI=1S/C22H23F3N4O4S/c1-22(10-14-5-4-8-28(14)2)12-33-19-17(34(31,32)27-22)11-29(3)18(19)21(30)26-13-6-7-16(23)15(9-13)20(24)25/h4-9,11,20,27H,10,12H2,1-3H3,(H,26,30). The smallest absolute Gasteiger partial charge is 0.276 e. The van der Waals surface area contributed by atoms with Crippen LogP contribution in [0.25, 0.3) is 0 Å². The monoisotopic (exact) mass is 496 g/mol. The van der Waals surface area contributed by atoms with E-state index in [0.717, 1.165) is 23.9 Å². The molecule has 1 unspecified atom stereocenters. The molecule has 0 spiro atoms. The number of hydrogen-bond acceptors (Lipinski definition) is 4. The van der Waals surface area contributed by atoms with E-state index in [1.807, 2.05) is 29.9 Å². The van der Waals surface area contributed by atoms with E-state index in [-0.39, 0.29) is 28.6 Å². The van der Waals surface area contributed by atoms with Crippen LogP contribution >= 0.6 is 0 Å². The minimum Gasteiger partial charge on any atom is -0.488 e. The van der Waals surface area contributed by atoms with Crippen LogP contribution in [0.1, 0.15) is 35.1 Å². The number of sulfonamides is 1. The first-order valence-electron chi connectivity index (χ1n) is 10.3. The van der Waals surface area contributed by atoms with Crippen LogP contribution in [0, 0.1) is 5.82 Å². The number of carbonyl (C=O) groups is 1. The Morgan fingerprint density at radius 2 is 2.00 bits per heavy atom. The SMILES string of the molecule is Cn1cccc1CC1(C)COc2c(cn(C)c2C(=O)Nc2ccc(F)c(C(F)F)c2)S(=O)(=O)N1. The molecule has 1 amide bonds. The van der Waals surface area contributed by atoms with Gasteiger partial charge < -0.3 is 19.2 Å². The number of rotatable bonds is 5. The van der Waals surface area contributed by atoms with E-state index in [4.69, 9.17) is 4.74 Å². The zero-order valence-electron chi connectivity index (χ0n) is 18.6. The molecule has 2 N–H and O–H groups in total. The summed E-state index contributed by atoms with van der Waals surface area (Å²) >= 11 is 0. The molecule has 0 saturated heterocycles. The van der Waals surface area contributed by atoms with Crippen molar-refractivity contribution in [2.24, 2.45) is 14.1 Å². The van der Waals surface area contributed by atoms with Gasteiger partial charge in [0.05, 0.1) is 11.1 Å². The predicted molar refractivity (Wildman–Crippen MR) is 118 cm³/mol. The van der Waals surface area contributed by atoms with Gasteiger partial charge in [-0.15, -0.1) is 0 Å². The summed E-state index contributed by atoms with van der Waals surface area (Å²) < 4.78 is 77.6. The Morgan fingerprint density at radius 3 is 2.65 bits per heavy atom. The Balaban J connectivity index is 1.65.